The number of hydrogen-bond acceptors (Lipinski definition) is 0. The van der Waals surface area contributed by atoms with Gasteiger partial charge in [-0.2, -0.15) is 0 Å². The molecule has 2 aromatic carbocycles. The molecule has 1 unspecified atom stereocenters. The monoisotopic (exact) mass is 446 g/mol. The van der Waals surface area contributed by atoms with Gasteiger partial charge in [0.25, 0.3) is 0 Å². The molecule has 33 heavy (non-hydrogen) atoms. The van der Waals surface area contributed by atoms with Crippen molar-refractivity contribution in [3.05, 3.63) is 87.0 Å². The third kappa shape index (κ3) is 3.82. The summed E-state index contributed by atoms with van der Waals surface area (Å²) in [6.07, 6.45) is 0. The van der Waals surface area contributed by atoms with Crippen LogP contribution in [0.4, 0.5) is 0 Å². The third-order valence-electron chi connectivity index (χ3n) is 8.90. The number of hydrogen-bond donors (Lipinski definition) is 0. The van der Waals surface area contributed by atoms with Gasteiger partial charge in [0.05, 0.1) is 0 Å². The van der Waals surface area contributed by atoms with E-state index in [9.17, 15) is 0 Å². The van der Waals surface area contributed by atoms with Gasteiger partial charge in [0, 0.05) is 0 Å². The summed E-state index contributed by atoms with van der Waals surface area (Å²) in [6.45, 7) is 24.0. The Hall–Kier alpha value is -1.53. The second-order valence-corrected chi connectivity index (χ2v) is 16.7. The Morgan fingerprint density at radius 3 is 1.82 bits per heavy atom. The van der Waals surface area contributed by atoms with E-state index in [2.05, 4.69) is 129 Å². The molecule has 0 spiro atoms. The molecular formula is C31H39LiSi. The number of allylic oxidation sites excluding steroid dienone is 5. The van der Waals surface area contributed by atoms with Crippen LogP contribution in [0.25, 0.3) is 16.3 Å². The van der Waals surface area contributed by atoms with E-state index in [4.69, 9.17) is 0 Å². The molecule has 0 aromatic heterocycles. The molecule has 0 N–H and O–H groups in total. The van der Waals surface area contributed by atoms with E-state index in [-0.39, 0.29) is 5.41 Å². The number of rotatable bonds is 3. The van der Waals surface area contributed by atoms with Gasteiger partial charge in [-0.1, -0.05) is 0 Å². The Bertz CT molecular complexity index is 1190. The molecule has 0 amide bonds. The first kappa shape index (κ1) is 24.6. The molecule has 0 radical (unpaired) electrons. The second-order valence-electron chi connectivity index (χ2n) is 12.1. The molecule has 2 heteroatoms. The Labute approximate surface area is 212 Å². The van der Waals surface area contributed by atoms with Crippen molar-refractivity contribution in [1.29, 1.82) is 0 Å². The van der Waals surface area contributed by atoms with Gasteiger partial charge in [0.1, 0.15) is 0 Å². The minimum absolute atomic E-state index is 0.175. The first-order chi connectivity index (χ1) is 15.3. The summed E-state index contributed by atoms with van der Waals surface area (Å²) in [4.78, 5) is 0. The van der Waals surface area contributed by atoms with Gasteiger partial charge in [-0.05, 0) is 0 Å². The van der Waals surface area contributed by atoms with E-state index in [1.165, 1.54) is 33.4 Å². The van der Waals surface area contributed by atoms with Crippen LogP contribution in [0.1, 0.15) is 76.7 Å². The maximum atomic E-state index is 2.62. The fraction of sp³-hybridized carbons (Fsp3) is 0.419. The molecule has 0 saturated heterocycles. The third-order valence-corrected chi connectivity index (χ3v) is 13.1. The molecule has 0 fully saturated rings. The fourth-order valence-electron chi connectivity index (χ4n) is 6.65. The normalized spacial score (nSPS) is 19.8. The molecule has 0 bridgehead atoms. The Morgan fingerprint density at radius 2 is 1.30 bits per heavy atom. The number of benzene rings is 2. The van der Waals surface area contributed by atoms with Crippen LogP contribution in [0.2, 0.25) is 18.6 Å². The van der Waals surface area contributed by atoms with E-state index in [1.54, 1.807) is 27.5 Å². The molecule has 0 aliphatic heterocycles. The van der Waals surface area contributed by atoms with Crippen LogP contribution in [0.15, 0.2) is 70.3 Å². The van der Waals surface area contributed by atoms with Crippen LogP contribution in [-0.2, 0) is 5.41 Å². The van der Waals surface area contributed by atoms with E-state index >= 15 is 0 Å². The minimum atomic E-state index is -1.84. The van der Waals surface area contributed by atoms with E-state index in [0.29, 0.717) is 10.1 Å². The van der Waals surface area contributed by atoms with Crippen LogP contribution in [0.5, 0.6) is 0 Å². The molecule has 0 nitrogen and oxygen atoms in total. The van der Waals surface area contributed by atoms with Gasteiger partial charge in [0.2, 0.25) is 0 Å². The maximum absolute atomic E-state index is 2.62. The first-order valence-electron chi connectivity index (χ1n) is 12.6. The standard InChI is InChI=1S/C31H39Si.Li/c1-19-18-25-12-11-13-27(24-14-16-26(17-15-24)31(6,7)8)28(25)29(19)32(9,10)30-22(4)20(2)21(3)23(30)5;/h11-18,30H,1-10H3;. The zero-order chi connectivity index (χ0) is 24.5. The molecule has 168 valence electrons. The predicted octanol–water partition coefficient (Wildman–Crippen LogP) is 8.95. The summed E-state index contributed by atoms with van der Waals surface area (Å²) in [6, 6.07) is 16.4. The zero-order valence-corrected chi connectivity index (χ0v) is 23.7. The van der Waals surface area contributed by atoms with Gasteiger partial charge < -0.3 is 0 Å². The van der Waals surface area contributed by atoms with Gasteiger partial charge in [-0.15, -0.1) is 0 Å². The van der Waals surface area contributed by atoms with E-state index < -0.39 is 8.07 Å². The van der Waals surface area contributed by atoms with Crippen molar-refractivity contribution < 1.29 is 0 Å². The van der Waals surface area contributed by atoms with Gasteiger partial charge >= 0.3 is 213 Å². The molecule has 0 heterocycles. The van der Waals surface area contributed by atoms with Gasteiger partial charge in [-0.25, -0.2) is 0 Å². The summed E-state index contributed by atoms with van der Waals surface area (Å²) in [5.74, 6) is 0. The van der Waals surface area contributed by atoms with Crippen molar-refractivity contribution in [2.75, 3.05) is 0 Å². The summed E-state index contributed by atoms with van der Waals surface area (Å²) < 4.78 is 0.493. The Balaban J connectivity index is 1.91. The molecule has 1 atom stereocenters. The average molecular weight is 447 g/mol. The topological polar surface area (TPSA) is 0 Å². The molecular weight excluding hydrogens is 407 g/mol. The van der Waals surface area contributed by atoms with Crippen molar-refractivity contribution in [3.63, 3.8) is 0 Å². The summed E-state index contributed by atoms with van der Waals surface area (Å²) >= 11 is 2.41. The van der Waals surface area contributed by atoms with Crippen molar-refractivity contribution in [2.45, 2.75) is 84.0 Å². The van der Waals surface area contributed by atoms with E-state index in [1.807, 2.05) is 0 Å². The Morgan fingerprint density at radius 1 is 0.758 bits per heavy atom. The van der Waals surface area contributed by atoms with Gasteiger partial charge in [-0.3, -0.25) is 0 Å². The van der Waals surface area contributed by atoms with Gasteiger partial charge in [0.15, 0.2) is 0 Å². The quantitative estimate of drug-likeness (QED) is 0.413. The molecule has 0 saturated carbocycles. The Kier molecular flexibility index (Phi) is 6.19. The zero-order valence-electron chi connectivity index (χ0n) is 22.7. The van der Waals surface area contributed by atoms with Crippen molar-refractivity contribution in [2.24, 2.45) is 0 Å². The van der Waals surface area contributed by atoms with Crippen molar-refractivity contribution in [1.82, 2.24) is 0 Å². The van der Waals surface area contributed by atoms with Crippen LogP contribution in [0.3, 0.4) is 0 Å². The number of fused-ring (bicyclic) bond motifs is 1. The molecule has 4 rings (SSSR count). The fourth-order valence-corrected chi connectivity index (χ4v) is 11.7. The van der Waals surface area contributed by atoms with Crippen LogP contribution in [0, 0.1) is 0 Å². The van der Waals surface area contributed by atoms with Crippen LogP contribution in [-0.4, -0.2) is 25.8 Å². The van der Waals surface area contributed by atoms with Crippen molar-refractivity contribution >= 4 is 31.0 Å². The second kappa shape index (κ2) is 8.30. The van der Waals surface area contributed by atoms with E-state index in [0.717, 1.165) is 0 Å². The molecule has 2 aliphatic rings. The average Bonchev–Trinajstić information content (AvgIpc) is 3.13. The molecule has 2 aromatic rings. The summed E-state index contributed by atoms with van der Waals surface area (Å²) in [5, 5.41) is 1.70. The molecule has 2 aliphatic carbocycles. The SMILES string of the molecule is [Li][CH]1C(C)=C([Si](C)(C)C2C(C)=C(C)C(C)=C2C)c2c(-c3ccc(C(C)(C)C)cc3)cccc21. The van der Waals surface area contributed by atoms with Crippen LogP contribution < -0.4 is 0 Å². The predicted molar refractivity (Wildman–Crippen MR) is 150 cm³/mol. The van der Waals surface area contributed by atoms with Crippen molar-refractivity contribution in [3.8, 4) is 11.1 Å². The summed E-state index contributed by atoms with van der Waals surface area (Å²) in [7, 11) is -1.84. The summed E-state index contributed by atoms with van der Waals surface area (Å²) in [5.41, 5.74) is 15.9. The van der Waals surface area contributed by atoms with Crippen LogP contribution >= 0.6 is 0 Å². The first-order valence-corrected chi connectivity index (χ1v) is 15.7.